The Kier molecular flexibility index (Phi) is 7.90. The molecule has 0 aliphatic heterocycles. The zero-order chi connectivity index (χ0) is 18.2. The first-order chi connectivity index (χ1) is 12.0. The SMILES string of the molecule is CN(C)CC1CCC(CNc2cc(Cl)ncc2C(=O)NCCF)CC1. The molecular formula is C18H28ClFN4O. The van der Waals surface area contributed by atoms with Crippen LogP contribution in [0.4, 0.5) is 10.1 Å². The van der Waals surface area contributed by atoms with Gasteiger partial charge in [-0.05, 0) is 57.7 Å². The molecule has 1 saturated carbocycles. The molecule has 2 N–H and O–H groups in total. The Labute approximate surface area is 154 Å². The van der Waals surface area contributed by atoms with Crippen LogP contribution < -0.4 is 10.6 Å². The van der Waals surface area contributed by atoms with Crippen molar-refractivity contribution >= 4 is 23.2 Å². The summed E-state index contributed by atoms with van der Waals surface area (Å²) in [6.07, 6.45) is 6.30. The molecule has 0 atom stereocenters. The van der Waals surface area contributed by atoms with Crippen molar-refractivity contribution < 1.29 is 9.18 Å². The van der Waals surface area contributed by atoms with E-state index in [1.54, 1.807) is 6.07 Å². The highest BCUT2D eigenvalue weighted by Gasteiger charge is 2.22. The number of hydrogen-bond acceptors (Lipinski definition) is 4. The van der Waals surface area contributed by atoms with Gasteiger partial charge < -0.3 is 15.5 Å². The van der Waals surface area contributed by atoms with Gasteiger partial charge in [-0.2, -0.15) is 0 Å². The van der Waals surface area contributed by atoms with E-state index in [1.165, 1.54) is 31.9 Å². The minimum atomic E-state index is -0.592. The van der Waals surface area contributed by atoms with Gasteiger partial charge in [0.2, 0.25) is 0 Å². The maximum atomic E-state index is 12.3. The van der Waals surface area contributed by atoms with Crippen LogP contribution in [-0.2, 0) is 0 Å². The summed E-state index contributed by atoms with van der Waals surface area (Å²) in [5, 5.41) is 6.21. The van der Waals surface area contributed by atoms with Gasteiger partial charge in [0.05, 0.1) is 11.3 Å². The molecule has 1 aromatic rings. The number of carbonyl (C=O) groups excluding carboxylic acids is 1. The van der Waals surface area contributed by atoms with Crippen LogP contribution in [0.25, 0.3) is 0 Å². The molecule has 0 bridgehead atoms. The zero-order valence-corrected chi connectivity index (χ0v) is 15.8. The van der Waals surface area contributed by atoms with Gasteiger partial charge in [0.25, 0.3) is 5.91 Å². The van der Waals surface area contributed by atoms with Crippen molar-refractivity contribution in [1.82, 2.24) is 15.2 Å². The second-order valence-corrected chi connectivity index (χ2v) is 7.41. The fourth-order valence-corrected chi connectivity index (χ4v) is 3.56. The Morgan fingerprint density at radius 3 is 2.64 bits per heavy atom. The highest BCUT2D eigenvalue weighted by molar-refractivity contribution is 6.29. The summed E-state index contributed by atoms with van der Waals surface area (Å²) in [7, 11) is 4.24. The summed E-state index contributed by atoms with van der Waals surface area (Å²) < 4.78 is 12.3. The third-order valence-corrected chi connectivity index (χ3v) is 4.87. The average molecular weight is 371 g/mol. The molecule has 140 valence electrons. The number of alkyl halides is 1. The van der Waals surface area contributed by atoms with Gasteiger partial charge in [0.1, 0.15) is 11.8 Å². The molecule has 1 fully saturated rings. The van der Waals surface area contributed by atoms with Gasteiger partial charge >= 0.3 is 0 Å². The van der Waals surface area contributed by atoms with Gasteiger partial charge in [-0.25, -0.2) is 9.37 Å². The van der Waals surface area contributed by atoms with E-state index >= 15 is 0 Å². The van der Waals surface area contributed by atoms with Crippen molar-refractivity contribution in [3.05, 3.63) is 23.0 Å². The van der Waals surface area contributed by atoms with E-state index < -0.39 is 6.67 Å². The van der Waals surface area contributed by atoms with Crippen LogP contribution in [0.2, 0.25) is 5.15 Å². The second-order valence-electron chi connectivity index (χ2n) is 7.03. The quantitative estimate of drug-likeness (QED) is 0.690. The largest absolute Gasteiger partial charge is 0.384 e. The standard InChI is InChI=1S/C18H28ClFN4O/c1-24(2)12-14-5-3-13(4-6-14)10-22-16-9-17(19)23-11-15(16)18(25)21-8-7-20/h9,11,13-14H,3-8,10,12H2,1-2H3,(H,21,25)(H,22,23). The summed E-state index contributed by atoms with van der Waals surface area (Å²) in [6.45, 7) is 1.36. The fourth-order valence-electron chi connectivity index (χ4n) is 3.40. The highest BCUT2D eigenvalue weighted by atomic mass is 35.5. The molecule has 2 rings (SSSR count). The van der Waals surface area contributed by atoms with E-state index in [0.717, 1.165) is 19.0 Å². The Morgan fingerprint density at radius 2 is 2.00 bits per heavy atom. The van der Waals surface area contributed by atoms with Crippen molar-refractivity contribution in [3.63, 3.8) is 0 Å². The minimum Gasteiger partial charge on any atom is -0.384 e. The molecule has 0 radical (unpaired) electrons. The predicted molar refractivity (Wildman–Crippen MR) is 100 cm³/mol. The molecule has 0 saturated heterocycles. The van der Waals surface area contributed by atoms with E-state index in [4.69, 9.17) is 11.6 Å². The maximum absolute atomic E-state index is 12.3. The topological polar surface area (TPSA) is 57.3 Å². The lowest BCUT2D eigenvalue weighted by atomic mass is 9.82. The van der Waals surface area contributed by atoms with Gasteiger partial charge in [0, 0.05) is 25.8 Å². The van der Waals surface area contributed by atoms with E-state index in [9.17, 15) is 9.18 Å². The van der Waals surface area contributed by atoms with E-state index in [1.807, 2.05) is 0 Å². The number of anilines is 1. The number of rotatable bonds is 8. The highest BCUT2D eigenvalue weighted by Crippen LogP contribution is 2.30. The van der Waals surface area contributed by atoms with Crippen LogP contribution in [0.3, 0.4) is 0 Å². The number of carbonyl (C=O) groups is 1. The van der Waals surface area contributed by atoms with Gasteiger partial charge in [-0.1, -0.05) is 11.6 Å². The smallest absolute Gasteiger partial charge is 0.255 e. The molecule has 7 heteroatoms. The molecule has 0 unspecified atom stereocenters. The van der Waals surface area contributed by atoms with Gasteiger partial charge in [-0.15, -0.1) is 0 Å². The van der Waals surface area contributed by atoms with Crippen molar-refractivity contribution in [3.8, 4) is 0 Å². The lowest BCUT2D eigenvalue weighted by Gasteiger charge is -2.30. The Hall–Kier alpha value is -1.40. The molecule has 25 heavy (non-hydrogen) atoms. The molecule has 1 heterocycles. The molecule has 0 spiro atoms. The summed E-state index contributed by atoms with van der Waals surface area (Å²) in [5.41, 5.74) is 1.06. The minimum absolute atomic E-state index is 0.00319. The zero-order valence-electron chi connectivity index (χ0n) is 15.0. The number of aromatic nitrogens is 1. The predicted octanol–water partition coefficient (Wildman–Crippen LogP) is 3.21. The maximum Gasteiger partial charge on any atom is 0.255 e. The number of nitrogens with one attached hydrogen (secondary N) is 2. The number of pyridine rings is 1. The summed E-state index contributed by atoms with van der Waals surface area (Å²) in [5.74, 6) is 1.04. The Morgan fingerprint density at radius 1 is 1.32 bits per heavy atom. The van der Waals surface area contributed by atoms with Crippen molar-refractivity contribution in [2.75, 3.05) is 45.7 Å². The van der Waals surface area contributed by atoms with Crippen LogP contribution in [-0.4, -0.2) is 56.2 Å². The summed E-state index contributed by atoms with van der Waals surface area (Å²) in [6, 6.07) is 1.66. The van der Waals surface area contributed by atoms with Crippen LogP contribution in [0.15, 0.2) is 12.3 Å². The number of nitrogens with zero attached hydrogens (tertiary/aromatic N) is 2. The van der Waals surface area contributed by atoms with E-state index in [-0.39, 0.29) is 12.5 Å². The van der Waals surface area contributed by atoms with Crippen molar-refractivity contribution in [2.45, 2.75) is 25.7 Å². The Balaban J connectivity index is 1.90. The molecule has 1 aliphatic carbocycles. The first-order valence-electron chi connectivity index (χ1n) is 8.88. The van der Waals surface area contributed by atoms with Crippen LogP contribution in [0.5, 0.6) is 0 Å². The monoisotopic (exact) mass is 370 g/mol. The number of hydrogen-bond donors (Lipinski definition) is 2. The molecule has 1 aliphatic rings. The second kappa shape index (κ2) is 9.92. The van der Waals surface area contributed by atoms with Crippen LogP contribution in [0.1, 0.15) is 36.0 Å². The first-order valence-corrected chi connectivity index (χ1v) is 9.25. The van der Waals surface area contributed by atoms with Crippen LogP contribution in [0, 0.1) is 11.8 Å². The number of halogens is 2. The molecule has 1 aromatic heterocycles. The van der Waals surface area contributed by atoms with E-state index in [2.05, 4.69) is 34.6 Å². The summed E-state index contributed by atoms with van der Waals surface area (Å²) >= 11 is 5.97. The van der Waals surface area contributed by atoms with Crippen molar-refractivity contribution in [1.29, 1.82) is 0 Å². The molecule has 0 aromatic carbocycles. The van der Waals surface area contributed by atoms with Crippen molar-refractivity contribution in [2.24, 2.45) is 11.8 Å². The number of amides is 1. The normalized spacial score (nSPS) is 20.5. The molecule has 1 amide bonds. The van der Waals surface area contributed by atoms with Gasteiger partial charge in [-0.3, -0.25) is 4.79 Å². The Bertz CT molecular complexity index is 562. The van der Waals surface area contributed by atoms with Gasteiger partial charge in [0.15, 0.2) is 0 Å². The fraction of sp³-hybridized carbons (Fsp3) is 0.667. The third-order valence-electron chi connectivity index (χ3n) is 4.67. The third kappa shape index (κ3) is 6.44. The average Bonchev–Trinajstić information content (AvgIpc) is 2.58. The van der Waals surface area contributed by atoms with E-state index in [0.29, 0.717) is 22.3 Å². The van der Waals surface area contributed by atoms with Crippen LogP contribution >= 0.6 is 11.6 Å². The molecule has 5 nitrogen and oxygen atoms in total. The molecular weight excluding hydrogens is 343 g/mol. The lowest BCUT2D eigenvalue weighted by molar-refractivity contribution is 0.0951. The lowest BCUT2D eigenvalue weighted by Crippen LogP contribution is -2.29. The summed E-state index contributed by atoms with van der Waals surface area (Å²) in [4.78, 5) is 18.3. The first kappa shape index (κ1) is 19.9.